The summed E-state index contributed by atoms with van der Waals surface area (Å²) in [5.41, 5.74) is 0.328. The maximum absolute atomic E-state index is 8.66. The molecule has 0 saturated carbocycles. The lowest BCUT2D eigenvalue weighted by molar-refractivity contribution is 0.0691. The number of aliphatic hydroxyl groups excluding tert-OH is 1. The average molecular weight is 115 g/mol. The summed E-state index contributed by atoms with van der Waals surface area (Å²) in [5.74, 6) is 0. The van der Waals surface area contributed by atoms with E-state index in [0.717, 1.165) is 6.54 Å². The molecule has 1 atom stereocenters. The molecule has 1 saturated heterocycles. The Morgan fingerprint density at radius 2 is 2.38 bits per heavy atom. The topological polar surface area (TPSA) is 32.3 Å². The van der Waals surface area contributed by atoms with Crippen molar-refractivity contribution in [1.82, 2.24) is 5.32 Å². The number of rotatable bonds is 1. The summed E-state index contributed by atoms with van der Waals surface area (Å²) in [6.07, 6.45) is 0. The Hall–Kier alpha value is -0.0800. The van der Waals surface area contributed by atoms with Crippen molar-refractivity contribution in [2.24, 2.45) is 5.41 Å². The highest BCUT2D eigenvalue weighted by Gasteiger charge is 2.36. The first-order valence-electron chi connectivity index (χ1n) is 3.01. The molecule has 0 radical (unpaired) electrons. The lowest BCUT2D eigenvalue weighted by Gasteiger charge is -2.44. The molecule has 2 nitrogen and oxygen atoms in total. The first-order valence-corrected chi connectivity index (χ1v) is 3.01. The van der Waals surface area contributed by atoms with Crippen LogP contribution in [-0.2, 0) is 0 Å². The van der Waals surface area contributed by atoms with Crippen LogP contribution in [0.25, 0.3) is 0 Å². The summed E-state index contributed by atoms with van der Waals surface area (Å²) < 4.78 is 0. The minimum Gasteiger partial charge on any atom is -0.395 e. The van der Waals surface area contributed by atoms with Crippen molar-refractivity contribution in [1.29, 1.82) is 0 Å². The van der Waals surface area contributed by atoms with Crippen LogP contribution in [0.15, 0.2) is 0 Å². The van der Waals surface area contributed by atoms with Gasteiger partial charge in [0.2, 0.25) is 0 Å². The van der Waals surface area contributed by atoms with Gasteiger partial charge in [0.25, 0.3) is 0 Å². The number of aliphatic hydroxyl groups is 1. The van der Waals surface area contributed by atoms with Gasteiger partial charge in [-0.2, -0.15) is 0 Å². The van der Waals surface area contributed by atoms with Crippen molar-refractivity contribution in [2.75, 3.05) is 13.2 Å². The van der Waals surface area contributed by atoms with Crippen LogP contribution >= 0.6 is 0 Å². The molecule has 0 unspecified atom stereocenters. The molecular weight excluding hydrogens is 102 g/mol. The van der Waals surface area contributed by atoms with Gasteiger partial charge in [-0.25, -0.2) is 0 Å². The van der Waals surface area contributed by atoms with Gasteiger partial charge >= 0.3 is 0 Å². The van der Waals surface area contributed by atoms with Crippen LogP contribution in [0.4, 0.5) is 0 Å². The zero-order valence-corrected chi connectivity index (χ0v) is 5.44. The predicted octanol–water partition coefficient (Wildman–Crippen LogP) is -0.0233. The third kappa shape index (κ3) is 0.740. The van der Waals surface area contributed by atoms with Gasteiger partial charge in [-0.15, -0.1) is 0 Å². The molecular formula is C6H13NO. The third-order valence-corrected chi connectivity index (χ3v) is 1.93. The predicted molar refractivity (Wildman–Crippen MR) is 32.7 cm³/mol. The SMILES string of the molecule is CC1(C)CN[C@H]1CO. The van der Waals surface area contributed by atoms with Crippen molar-refractivity contribution in [3.63, 3.8) is 0 Å². The largest absolute Gasteiger partial charge is 0.395 e. The number of nitrogens with one attached hydrogen (secondary N) is 1. The van der Waals surface area contributed by atoms with Gasteiger partial charge in [0.15, 0.2) is 0 Å². The highest BCUT2D eigenvalue weighted by Crippen LogP contribution is 2.26. The van der Waals surface area contributed by atoms with Gasteiger partial charge in [0.05, 0.1) is 6.61 Å². The summed E-state index contributed by atoms with van der Waals surface area (Å²) in [7, 11) is 0. The first-order chi connectivity index (χ1) is 3.67. The van der Waals surface area contributed by atoms with E-state index in [1.54, 1.807) is 0 Å². The molecule has 0 aliphatic carbocycles. The van der Waals surface area contributed by atoms with E-state index >= 15 is 0 Å². The summed E-state index contributed by atoms with van der Waals surface area (Å²) in [5, 5.41) is 11.8. The van der Waals surface area contributed by atoms with E-state index in [1.807, 2.05) is 0 Å². The van der Waals surface area contributed by atoms with E-state index in [-0.39, 0.29) is 6.61 Å². The normalized spacial score (nSPS) is 34.1. The van der Waals surface area contributed by atoms with Crippen molar-refractivity contribution in [2.45, 2.75) is 19.9 Å². The monoisotopic (exact) mass is 115 g/mol. The Kier molecular flexibility index (Phi) is 1.29. The van der Waals surface area contributed by atoms with Gasteiger partial charge in [-0.1, -0.05) is 13.8 Å². The standard InChI is InChI=1S/C6H13NO/c1-6(2)4-7-5(6)3-8/h5,7-8H,3-4H2,1-2H3/t5-/m0/s1. The van der Waals surface area contributed by atoms with Crippen LogP contribution in [0.5, 0.6) is 0 Å². The molecule has 1 aliphatic heterocycles. The Balaban J connectivity index is 2.37. The van der Waals surface area contributed by atoms with Gasteiger partial charge in [-0.3, -0.25) is 0 Å². The minimum absolute atomic E-state index is 0.271. The number of hydrogen-bond donors (Lipinski definition) is 2. The second-order valence-electron chi connectivity index (χ2n) is 3.10. The quantitative estimate of drug-likeness (QED) is 0.503. The van der Waals surface area contributed by atoms with Crippen LogP contribution in [-0.4, -0.2) is 24.3 Å². The molecule has 1 heterocycles. The highest BCUT2D eigenvalue weighted by atomic mass is 16.3. The summed E-state index contributed by atoms with van der Waals surface area (Å²) in [6, 6.07) is 0.336. The van der Waals surface area contributed by atoms with Gasteiger partial charge in [-0.05, 0) is 5.41 Å². The lowest BCUT2D eigenvalue weighted by Crippen LogP contribution is -2.61. The first kappa shape index (κ1) is 6.05. The maximum Gasteiger partial charge on any atom is 0.0590 e. The fourth-order valence-electron chi connectivity index (χ4n) is 0.966. The van der Waals surface area contributed by atoms with Crippen molar-refractivity contribution >= 4 is 0 Å². The summed E-state index contributed by atoms with van der Waals surface area (Å²) in [6.45, 7) is 5.62. The molecule has 0 aromatic rings. The van der Waals surface area contributed by atoms with Crippen LogP contribution in [0.3, 0.4) is 0 Å². The molecule has 1 aliphatic rings. The van der Waals surface area contributed by atoms with Crippen LogP contribution < -0.4 is 5.32 Å². The molecule has 0 aromatic carbocycles. The van der Waals surface area contributed by atoms with E-state index < -0.39 is 0 Å². The van der Waals surface area contributed by atoms with Gasteiger partial charge in [0, 0.05) is 12.6 Å². The van der Waals surface area contributed by atoms with Crippen molar-refractivity contribution in [3.05, 3.63) is 0 Å². The summed E-state index contributed by atoms with van der Waals surface area (Å²) >= 11 is 0. The van der Waals surface area contributed by atoms with E-state index in [4.69, 9.17) is 5.11 Å². The third-order valence-electron chi connectivity index (χ3n) is 1.93. The molecule has 0 bridgehead atoms. The Morgan fingerprint density at radius 3 is 2.38 bits per heavy atom. The molecule has 1 rings (SSSR count). The summed E-state index contributed by atoms with van der Waals surface area (Å²) in [4.78, 5) is 0. The van der Waals surface area contributed by atoms with Crippen LogP contribution in [0.1, 0.15) is 13.8 Å². The van der Waals surface area contributed by atoms with Crippen molar-refractivity contribution in [3.8, 4) is 0 Å². The maximum atomic E-state index is 8.66. The van der Waals surface area contributed by atoms with E-state index in [2.05, 4.69) is 19.2 Å². The molecule has 0 spiro atoms. The van der Waals surface area contributed by atoms with E-state index in [0.29, 0.717) is 11.5 Å². The van der Waals surface area contributed by atoms with Crippen molar-refractivity contribution < 1.29 is 5.11 Å². The highest BCUT2D eigenvalue weighted by molar-refractivity contribution is 4.94. The minimum atomic E-state index is 0.271. The second kappa shape index (κ2) is 1.71. The molecule has 2 heteroatoms. The zero-order valence-electron chi connectivity index (χ0n) is 5.44. The molecule has 0 amide bonds. The van der Waals surface area contributed by atoms with E-state index in [1.165, 1.54) is 0 Å². The van der Waals surface area contributed by atoms with Gasteiger partial charge in [0.1, 0.15) is 0 Å². The smallest absolute Gasteiger partial charge is 0.0590 e. The zero-order chi connectivity index (χ0) is 6.20. The molecule has 2 N–H and O–H groups in total. The van der Waals surface area contributed by atoms with Gasteiger partial charge < -0.3 is 10.4 Å². The fraction of sp³-hybridized carbons (Fsp3) is 1.00. The fourth-order valence-corrected chi connectivity index (χ4v) is 0.966. The van der Waals surface area contributed by atoms with E-state index in [9.17, 15) is 0 Å². The van der Waals surface area contributed by atoms with Crippen LogP contribution in [0, 0.1) is 5.41 Å². The Morgan fingerprint density at radius 1 is 1.75 bits per heavy atom. The second-order valence-corrected chi connectivity index (χ2v) is 3.10. The Labute approximate surface area is 49.9 Å². The Bertz CT molecular complexity index is 88.5. The molecule has 8 heavy (non-hydrogen) atoms. The molecule has 1 fully saturated rings. The average Bonchev–Trinajstić information content (AvgIpc) is 1.66. The molecule has 0 aromatic heterocycles. The molecule has 48 valence electrons. The lowest BCUT2D eigenvalue weighted by atomic mass is 9.78. The number of hydrogen-bond acceptors (Lipinski definition) is 2. The van der Waals surface area contributed by atoms with Crippen LogP contribution in [0.2, 0.25) is 0 Å².